The summed E-state index contributed by atoms with van der Waals surface area (Å²) in [6.07, 6.45) is 0. The SMILES string of the molecule is CC(C)Nc1cccc(C(=O)N2CCN(C)C(C)C2)n1. The second-order valence-electron chi connectivity index (χ2n) is 5.79. The summed E-state index contributed by atoms with van der Waals surface area (Å²) in [6, 6.07) is 6.26. The van der Waals surface area contributed by atoms with Crippen LogP contribution in [0.1, 0.15) is 31.3 Å². The van der Waals surface area contributed by atoms with Crippen LogP contribution in [0.2, 0.25) is 0 Å². The Balaban J connectivity index is 2.09. The molecule has 0 aromatic carbocycles. The number of nitrogens with one attached hydrogen (secondary N) is 1. The highest BCUT2D eigenvalue weighted by Gasteiger charge is 2.25. The van der Waals surface area contributed by atoms with Gasteiger partial charge in [-0.1, -0.05) is 6.07 Å². The van der Waals surface area contributed by atoms with Gasteiger partial charge in [0, 0.05) is 31.7 Å². The van der Waals surface area contributed by atoms with Gasteiger partial charge in [0.1, 0.15) is 11.5 Å². The zero-order chi connectivity index (χ0) is 14.7. The minimum atomic E-state index is 0.0253. The van der Waals surface area contributed by atoms with Gasteiger partial charge in [0.2, 0.25) is 0 Å². The fourth-order valence-corrected chi connectivity index (χ4v) is 2.32. The first-order valence-electron chi connectivity index (χ1n) is 7.20. The van der Waals surface area contributed by atoms with Crippen LogP contribution in [-0.4, -0.2) is 59.5 Å². The van der Waals surface area contributed by atoms with Crippen molar-refractivity contribution < 1.29 is 4.79 Å². The molecule has 1 aromatic rings. The Bertz CT molecular complexity index is 475. The van der Waals surface area contributed by atoms with Crippen LogP contribution in [0.25, 0.3) is 0 Å². The molecule has 1 N–H and O–H groups in total. The van der Waals surface area contributed by atoms with Crippen LogP contribution in [0.5, 0.6) is 0 Å². The summed E-state index contributed by atoms with van der Waals surface area (Å²) in [7, 11) is 2.10. The van der Waals surface area contributed by atoms with Gasteiger partial charge in [-0.15, -0.1) is 0 Å². The molecule has 1 amide bonds. The highest BCUT2D eigenvalue weighted by Crippen LogP contribution is 2.12. The summed E-state index contributed by atoms with van der Waals surface area (Å²) in [5.41, 5.74) is 0.521. The van der Waals surface area contributed by atoms with Crippen molar-refractivity contribution in [1.29, 1.82) is 0 Å². The van der Waals surface area contributed by atoms with Gasteiger partial charge < -0.3 is 15.1 Å². The standard InChI is InChI=1S/C15H24N4O/c1-11(2)16-14-7-5-6-13(17-14)15(20)19-9-8-18(4)12(3)10-19/h5-7,11-12H,8-10H2,1-4H3,(H,16,17). The number of amides is 1. The third-order valence-electron chi connectivity index (χ3n) is 3.65. The number of piperazine rings is 1. The maximum atomic E-state index is 12.5. The molecule has 5 nitrogen and oxygen atoms in total. The summed E-state index contributed by atoms with van der Waals surface area (Å²) in [6.45, 7) is 8.69. The molecule has 1 saturated heterocycles. The molecule has 5 heteroatoms. The molecule has 1 aromatic heterocycles. The van der Waals surface area contributed by atoms with Gasteiger partial charge in [0.15, 0.2) is 0 Å². The highest BCUT2D eigenvalue weighted by atomic mass is 16.2. The number of carbonyl (C=O) groups excluding carboxylic acids is 1. The molecule has 1 fully saturated rings. The third kappa shape index (κ3) is 3.48. The zero-order valence-corrected chi connectivity index (χ0v) is 12.8. The molecule has 2 heterocycles. The molecular formula is C15H24N4O. The average molecular weight is 276 g/mol. The second kappa shape index (κ2) is 6.22. The molecule has 0 aliphatic carbocycles. The van der Waals surface area contributed by atoms with Gasteiger partial charge in [-0.05, 0) is 40.0 Å². The molecule has 1 unspecified atom stereocenters. The van der Waals surface area contributed by atoms with Gasteiger partial charge >= 0.3 is 0 Å². The highest BCUT2D eigenvalue weighted by molar-refractivity contribution is 5.92. The molecule has 0 spiro atoms. The van der Waals surface area contributed by atoms with E-state index < -0.39 is 0 Å². The molecule has 1 atom stereocenters. The third-order valence-corrected chi connectivity index (χ3v) is 3.65. The lowest BCUT2D eigenvalue weighted by Crippen LogP contribution is -2.52. The molecule has 0 radical (unpaired) electrons. The Morgan fingerprint density at radius 3 is 2.80 bits per heavy atom. The number of likely N-dealkylation sites (N-methyl/N-ethyl adjacent to an activating group) is 1. The number of pyridine rings is 1. The summed E-state index contributed by atoms with van der Waals surface area (Å²) < 4.78 is 0. The van der Waals surface area contributed by atoms with Crippen LogP contribution < -0.4 is 5.32 Å². The molecular weight excluding hydrogens is 252 g/mol. The fraction of sp³-hybridized carbons (Fsp3) is 0.600. The van der Waals surface area contributed by atoms with E-state index in [4.69, 9.17) is 0 Å². The van der Waals surface area contributed by atoms with Gasteiger partial charge in [-0.25, -0.2) is 4.98 Å². The monoisotopic (exact) mass is 276 g/mol. The molecule has 0 bridgehead atoms. The molecule has 110 valence electrons. The first-order chi connectivity index (χ1) is 9.47. The van der Waals surface area contributed by atoms with Crippen LogP contribution in [0.3, 0.4) is 0 Å². The van der Waals surface area contributed by atoms with Gasteiger partial charge in [-0.2, -0.15) is 0 Å². The van der Waals surface area contributed by atoms with E-state index in [1.807, 2.05) is 17.0 Å². The van der Waals surface area contributed by atoms with Crippen LogP contribution in [-0.2, 0) is 0 Å². The normalized spacial score (nSPS) is 20.2. The number of hydrogen-bond acceptors (Lipinski definition) is 4. The van der Waals surface area contributed by atoms with E-state index in [0.717, 1.165) is 25.5 Å². The number of carbonyl (C=O) groups is 1. The summed E-state index contributed by atoms with van der Waals surface area (Å²) in [5, 5.41) is 3.23. The lowest BCUT2D eigenvalue weighted by molar-refractivity contribution is 0.0567. The second-order valence-corrected chi connectivity index (χ2v) is 5.79. The van der Waals surface area contributed by atoms with Crippen molar-refractivity contribution in [3.63, 3.8) is 0 Å². The first-order valence-corrected chi connectivity index (χ1v) is 7.20. The number of nitrogens with zero attached hydrogens (tertiary/aromatic N) is 3. The van der Waals surface area contributed by atoms with E-state index in [9.17, 15) is 4.79 Å². The number of anilines is 1. The quantitative estimate of drug-likeness (QED) is 0.912. The van der Waals surface area contributed by atoms with E-state index in [0.29, 0.717) is 17.8 Å². The predicted octanol–water partition coefficient (Wildman–Crippen LogP) is 1.68. The van der Waals surface area contributed by atoms with Crippen molar-refractivity contribution in [2.45, 2.75) is 32.9 Å². The summed E-state index contributed by atoms with van der Waals surface area (Å²) >= 11 is 0. The average Bonchev–Trinajstić information content (AvgIpc) is 2.40. The van der Waals surface area contributed by atoms with E-state index >= 15 is 0 Å². The molecule has 0 saturated carbocycles. The van der Waals surface area contributed by atoms with Crippen molar-refractivity contribution in [2.75, 3.05) is 32.0 Å². The molecule has 1 aliphatic heterocycles. The van der Waals surface area contributed by atoms with Crippen molar-refractivity contribution in [3.8, 4) is 0 Å². The van der Waals surface area contributed by atoms with Crippen LogP contribution in [0.4, 0.5) is 5.82 Å². The Morgan fingerprint density at radius 1 is 1.40 bits per heavy atom. The van der Waals surface area contributed by atoms with Crippen molar-refractivity contribution in [3.05, 3.63) is 23.9 Å². The molecule has 1 aliphatic rings. The Labute approximate surface area is 121 Å². The van der Waals surface area contributed by atoms with E-state index in [2.05, 4.69) is 43.0 Å². The van der Waals surface area contributed by atoms with E-state index in [-0.39, 0.29) is 5.91 Å². The topological polar surface area (TPSA) is 48.5 Å². The fourth-order valence-electron chi connectivity index (χ4n) is 2.32. The lowest BCUT2D eigenvalue weighted by atomic mass is 10.2. The van der Waals surface area contributed by atoms with E-state index in [1.54, 1.807) is 6.07 Å². The zero-order valence-electron chi connectivity index (χ0n) is 12.8. The molecule has 2 rings (SSSR count). The Kier molecular flexibility index (Phi) is 4.60. The molecule has 20 heavy (non-hydrogen) atoms. The van der Waals surface area contributed by atoms with Gasteiger partial charge in [0.05, 0.1) is 0 Å². The minimum Gasteiger partial charge on any atom is -0.368 e. The first kappa shape index (κ1) is 14.8. The maximum absolute atomic E-state index is 12.5. The smallest absolute Gasteiger partial charge is 0.272 e. The van der Waals surface area contributed by atoms with E-state index in [1.165, 1.54) is 0 Å². The number of rotatable bonds is 3. The summed E-state index contributed by atoms with van der Waals surface area (Å²) in [4.78, 5) is 21.1. The summed E-state index contributed by atoms with van der Waals surface area (Å²) in [5.74, 6) is 0.783. The van der Waals surface area contributed by atoms with Crippen molar-refractivity contribution in [2.24, 2.45) is 0 Å². The largest absolute Gasteiger partial charge is 0.368 e. The Morgan fingerprint density at radius 2 is 2.15 bits per heavy atom. The van der Waals surface area contributed by atoms with Crippen LogP contribution in [0, 0.1) is 0 Å². The number of hydrogen-bond donors (Lipinski definition) is 1. The minimum absolute atomic E-state index is 0.0253. The van der Waals surface area contributed by atoms with Crippen molar-refractivity contribution >= 4 is 11.7 Å². The van der Waals surface area contributed by atoms with Crippen LogP contribution in [0.15, 0.2) is 18.2 Å². The Hall–Kier alpha value is -1.62. The van der Waals surface area contributed by atoms with Crippen molar-refractivity contribution in [1.82, 2.24) is 14.8 Å². The predicted molar refractivity (Wildman–Crippen MR) is 81.0 cm³/mol. The lowest BCUT2D eigenvalue weighted by Gasteiger charge is -2.37. The maximum Gasteiger partial charge on any atom is 0.272 e. The van der Waals surface area contributed by atoms with Gasteiger partial charge in [-0.3, -0.25) is 4.79 Å². The van der Waals surface area contributed by atoms with Crippen LogP contribution >= 0.6 is 0 Å². The van der Waals surface area contributed by atoms with Gasteiger partial charge in [0.25, 0.3) is 5.91 Å². The number of aromatic nitrogens is 1.